The number of hydrogen-bond acceptors (Lipinski definition) is 1. The van der Waals surface area contributed by atoms with E-state index in [4.69, 9.17) is 0 Å². The van der Waals surface area contributed by atoms with Crippen molar-refractivity contribution >= 4 is 5.78 Å². The molecular formula is C11H16O. The Hall–Kier alpha value is -0.850. The molecule has 0 heterocycles. The molecule has 0 spiro atoms. The Morgan fingerprint density at radius 1 is 1.58 bits per heavy atom. The highest BCUT2D eigenvalue weighted by Crippen LogP contribution is 2.26. The van der Waals surface area contributed by atoms with Crippen molar-refractivity contribution in [2.75, 3.05) is 0 Å². The molecule has 1 atom stereocenters. The summed E-state index contributed by atoms with van der Waals surface area (Å²) in [6.45, 7) is 6.03. The molecule has 1 aliphatic rings. The molecule has 0 aromatic carbocycles. The predicted octanol–water partition coefficient (Wildman–Crippen LogP) is 2.88. The van der Waals surface area contributed by atoms with E-state index in [1.807, 2.05) is 13.8 Å². The lowest BCUT2D eigenvalue weighted by molar-refractivity contribution is -0.111. The molecule has 1 aliphatic carbocycles. The summed E-state index contributed by atoms with van der Waals surface area (Å²) in [6.07, 6.45) is 6.01. The number of carbonyl (C=O) groups excluding carboxylic acids is 1. The van der Waals surface area contributed by atoms with Crippen LogP contribution >= 0.6 is 0 Å². The summed E-state index contributed by atoms with van der Waals surface area (Å²) in [5.74, 6) is 0.674. The molecule has 0 saturated heterocycles. The van der Waals surface area contributed by atoms with Gasteiger partial charge >= 0.3 is 0 Å². The summed E-state index contributed by atoms with van der Waals surface area (Å²) in [5, 5.41) is 0. The fraction of sp³-hybridized carbons (Fsp3) is 0.545. The Balaban J connectivity index is 2.71. The van der Waals surface area contributed by atoms with Crippen LogP contribution in [0.1, 0.15) is 33.6 Å². The average molecular weight is 164 g/mol. The number of allylic oxidation sites excluding steroid dienone is 4. The lowest BCUT2D eigenvalue weighted by Crippen LogP contribution is -2.04. The van der Waals surface area contributed by atoms with Crippen molar-refractivity contribution < 1.29 is 4.79 Å². The fourth-order valence-corrected chi connectivity index (χ4v) is 1.53. The third kappa shape index (κ3) is 2.07. The Bertz CT molecular complexity index is 242. The van der Waals surface area contributed by atoms with E-state index in [2.05, 4.69) is 13.0 Å². The van der Waals surface area contributed by atoms with Crippen molar-refractivity contribution in [3.8, 4) is 0 Å². The molecule has 1 nitrogen and oxygen atoms in total. The van der Waals surface area contributed by atoms with E-state index < -0.39 is 0 Å². The molecule has 12 heavy (non-hydrogen) atoms. The Morgan fingerprint density at radius 3 is 2.67 bits per heavy atom. The van der Waals surface area contributed by atoms with Gasteiger partial charge in [0.05, 0.1) is 0 Å². The number of rotatable bonds is 2. The summed E-state index contributed by atoms with van der Waals surface area (Å²) >= 11 is 0. The van der Waals surface area contributed by atoms with Crippen LogP contribution in [0.4, 0.5) is 0 Å². The molecule has 66 valence electrons. The Kier molecular flexibility index (Phi) is 2.85. The second-order valence-corrected chi connectivity index (χ2v) is 3.72. The number of ketones is 1. The van der Waals surface area contributed by atoms with Crippen molar-refractivity contribution in [2.24, 2.45) is 5.92 Å². The predicted molar refractivity (Wildman–Crippen MR) is 50.9 cm³/mol. The van der Waals surface area contributed by atoms with E-state index in [1.165, 1.54) is 0 Å². The van der Waals surface area contributed by atoms with Gasteiger partial charge in [-0.1, -0.05) is 18.6 Å². The van der Waals surface area contributed by atoms with Gasteiger partial charge in [-0.25, -0.2) is 0 Å². The van der Waals surface area contributed by atoms with Crippen LogP contribution in [-0.2, 0) is 4.79 Å². The lowest BCUT2D eigenvalue weighted by atomic mass is 9.99. The molecule has 1 unspecified atom stereocenters. The van der Waals surface area contributed by atoms with Gasteiger partial charge in [0, 0.05) is 0 Å². The molecule has 0 aromatic rings. The van der Waals surface area contributed by atoms with E-state index in [0.29, 0.717) is 5.92 Å². The average Bonchev–Trinajstić information content (AvgIpc) is 2.33. The first kappa shape index (κ1) is 9.24. The van der Waals surface area contributed by atoms with Crippen LogP contribution in [0.25, 0.3) is 0 Å². The van der Waals surface area contributed by atoms with Gasteiger partial charge in [-0.3, -0.25) is 4.79 Å². The number of carbonyl (C=O) groups is 1. The zero-order chi connectivity index (χ0) is 9.14. The molecule has 0 radical (unpaired) electrons. The van der Waals surface area contributed by atoms with Crippen LogP contribution in [-0.4, -0.2) is 5.78 Å². The van der Waals surface area contributed by atoms with Crippen LogP contribution in [0.5, 0.6) is 0 Å². The smallest absolute Gasteiger partial charge is 0.181 e. The van der Waals surface area contributed by atoms with Crippen LogP contribution in [0, 0.1) is 5.92 Å². The van der Waals surface area contributed by atoms with Gasteiger partial charge in [-0.05, 0) is 44.3 Å². The first-order valence-electron chi connectivity index (χ1n) is 4.50. The van der Waals surface area contributed by atoms with E-state index in [9.17, 15) is 4.79 Å². The van der Waals surface area contributed by atoms with Crippen molar-refractivity contribution in [2.45, 2.75) is 33.6 Å². The monoisotopic (exact) mass is 164 g/mol. The Morgan fingerprint density at radius 2 is 2.25 bits per heavy atom. The number of hydrogen-bond donors (Lipinski definition) is 0. The third-order valence-electron chi connectivity index (χ3n) is 2.20. The summed E-state index contributed by atoms with van der Waals surface area (Å²) < 4.78 is 0. The molecule has 0 aliphatic heterocycles. The van der Waals surface area contributed by atoms with Crippen LogP contribution in [0.3, 0.4) is 0 Å². The summed E-state index contributed by atoms with van der Waals surface area (Å²) in [6, 6.07) is 0. The van der Waals surface area contributed by atoms with Crippen LogP contribution in [0.2, 0.25) is 0 Å². The minimum absolute atomic E-state index is 0.208. The van der Waals surface area contributed by atoms with Crippen molar-refractivity contribution in [3.05, 3.63) is 23.3 Å². The quantitative estimate of drug-likeness (QED) is 0.573. The second kappa shape index (κ2) is 3.70. The minimum Gasteiger partial charge on any atom is -0.290 e. The highest BCUT2D eigenvalue weighted by atomic mass is 16.1. The maximum atomic E-state index is 11.5. The SMILES string of the molecule is CC(C)=CC(=O)C1=CCCC1C. The van der Waals surface area contributed by atoms with E-state index in [0.717, 1.165) is 24.0 Å². The van der Waals surface area contributed by atoms with Crippen molar-refractivity contribution in [1.29, 1.82) is 0 Å². The molecule has 0 fully saturated rings. The van der Waals surface area contributed by atoms with Crippen LogP contribution < -0.4 is 0 Å². The first-order valence-corrected chi connectivity index (χ1v) is 4.50. The van der Waals surface area contributed by atoms with Gasteiger partial charge in [0.1, 0.15) is 0 Å². The topological polar surface area (TPSA) is 17.1 Å². The minimum atomic E-state index is 0.208. The molecule has 1 rings (SSSR count). The maximum absolute atomic E-state index is 11.5. The molecule has 0 bridgehead atoms. The zero-order valence-electron chi connectivity index (χ0n) is 8.05. The summed E-state index contributed by atoms with van der Waals surface area (Å²) in [4.78, 5) is 11.5. The van der Waals surface area contributed by atoms with Crippen molar-refractivity contribution in [3.63, 3.8) is 0 Å². The van der Waals surface area contributed by atoms with E-state index in [-0.39, 0.29) is 5.78 Å². The van der Waals surface area contributed by atoms with Gasteiger partial charge in [0.25, 0.3) is 0 Å². The molecule has 0 aromatic heterocycles. The molecular weight excluding hydrogens is 148 g/mol. The fourth-order valence-electron chi connectivity index (χ4n) is 1.53. The van der Waals surface area contributed by atoms with Gasteiger partial charge in [0.2, 0.25) is 0 Å². The highest BCUT2D eigenvalue weighted by Gasteiger charge is 2.18. The molecule has 0 amide bonds. The van der Waals surface area contributed by atoms with Gasteiger partial charge in [-0.2, -0.15) is 0 Å². The van der Waals surface area contributed by atoms with E-state index >= 15 is 0 Å². The molecule has 0 saturated carbocycles. The summed E-state index contributed by atoms with van der Waals surface area (Å²) in [7, 11) is 0. The summed E-state index contributed by atoms with van der Waals surface area (Å²) in [5.41, 5.74) is 2.09. The van der Waals surface area contributed by atoms with Crippen LogP contribution in [0.15, 0.2) is 23.3 Å². The second-order valence-electron chi connectivity index (χ2n) is 3.72. The van der Waals surface area contributed by atoms with Crippen molar-refractivity contribution in [1.82, 2.24) is 0 Å². The largest absolute Gasteiger partial charge is 0.290 e. The molecule has 1 heteroatoms. The van der Waals surface area contributed by atoms with Gasteiger partial charge < -0.3 is 0 Å². The highest BCUT2D eigenvalue weighted by molar-refractivity contribution is 6.04. The van der Waals surface area contributed by atoms with E-state index in [1.54, 1.807) is 6.08 Å². The third-order valence-corrected chi connectivity index (χ3v) is 2.20. The van der Waals surface area contributed by atoms with Gasteiger partial charge in [0.15, 0.2) is 5.78 Å². The maximum Gasteiger partial charge on any atom is 0.181 e. The standard InChI is InChI=1S/C11H16O/c1-8(2)7-11(12)10-6-4-5-9(10)3/h6-7,9H,4-5H2,1-3H3. The normalized spacial score (nSPS) is 21.9. The van der Waals surface area contributed by atoms with Gasteiger partial charge in [-0.15, -0.1) is 0 Å². The Labute approximate surface area is 74.2 Å². The zero-order valence-corrected chi connectivity index (χ0v) is 8.05. The molecule has 0 N–H and O–H groups in total. The first-order chi connectivity index (χ1) is 5.61. The lowest BCUT2D eigenvalue weighted by Gasteiger charge is -2.04.